The first kappa shape index (κ1) is 21.3. The quantitative estimate of drug-likeness (QED) is 0.495. The zero-order valence-corrected chi connectivity index (χ0v) is 18.2. The van der Waals surface area contributed by atoms with Gasteiger partial charge in [0.25, 0.3) is 5.56 Å². The number of anilines is 1. The zero-order valence-electron chi connectivity index (χ0n) is 18.2. The lowest BCUT2D eigenvalue weighted by Crippen LogP contribution is -2.46. The number of aryl methyl sites for hydroxylation is 1. The fourth-order valence-corrected chi connectivity index (χ4v) is 4.00. The van der Waals surface area contributed by atoms with Gasteiger partial charge in [0.1, 0.15) is 11.6 Å². The van der Waals surface area contributed by atoms with E-state index in [1.54, 1.807) is 10.9 Å². The minimum Gasteiger partial charge on any atom is -0.494 e. The Morgan fingerprint density at radius 1 is 1.00 bits per heavy atom. The Hall–Kier alpha value is -2.93. The van der Waals surface area contributed by atoms with Gasteiger partial charge < -0.3 is 9.64 Å². The van der Waals surface area contributed by atoms with Crippen molar-refractivity contribution in [2.45, 2.75) is 32.7 Å². The van der Waals surface area contributed by atoms with Crippen molar-refractivity contribution in [2.75, 3.05) is 44.2 Å². The Morgan fingerprint density at radius 2 is 1.87 bits per heavy atom. The van der Waals surface area contributed by atoms with Crippen LogP contribution in [0.4, 0.5) is 5.82 Å². The van der Waals surface area contributed by atoms with Crippen LogP contribution in [-0.2, 0) is 6.54 Å². The average molecular weight is 422 g/mol. The summed E-state index contributed by atoms with van der Waals surface area (Å²) >= 11 is 0. The highest BCUT2D eigenvalue weighted by atomic mass is 16.5. The fraction of sp³-hybridized carbons (Fsp3) is 0.458. The van der Waals surface area contributed by atoms with Gasteiger partial charge in [-0.1, -0.05) is 13.0 Å². The van der Waals surface area contributed by atoms with E-state index in [4.69, 9.17) is 4.74 Å². The smallest absolute Gasteiger partial charge is 0.261 e. The largest absolute Gasteiger partial charge is 0.494 e. The third-order valence-corrected chi connectivity index (χ3v) is 5.74. The highest BCUT2D eigenvalue weighted by Crippen LogP contribution is 2.17. The number of rotatable bonds is 9. The second-order valence-corrected chi connectivity index (χ2v) is 7.99. The van der Waals surface area contributed by atoms with E-state index in [9.17, 15) is 4.79 Å². The van der Waals surface area contributed by atoms with Gasteiger partial charge in [-0.2, -0.15) is 0 Å². The lowest BCUT2D eigenvalue weighted by Gasteiger charge is -2.35. The van der Waals surface area contributed by atoms with Crippen LogP contribution in [0.2, 0.25) is 0 Å². The Bertz CT molecular complexity index is 1030. The molecule has 1 aliphatic rings. The van der Waals surface area contributed by atoms with Crippen molar-refractivity contribution in [1.82, 2.24) is 19.4 Å². The average Bonchev–Trinajstić information content (AvgIpc) is 2.82. The standard InChI is InChI=1S/C24H31N5O2/c1-2-11-29-19-26-22-9-8-20(18-21(22)24(29)30)31-17-6-5-12-27-13-15-28(16-14-27)23-7-3-4-10-25-23/h3-4,7-10,18-19H,2,5-6,11-17H2,1H3. The summed E-state index contributed by atoms with van der Waals surface area (Å²) in [4.78, 5) is 26.3. The number of unbranched alkanes of at least 4 members (excludes halogenated alkanes) is 1. The van der Waals surface area contributed by atoms with Gasteiger partial charge in [0.15, 0.2) is 0 Å². The third kappa shape index (κ3) is 5.41. The molecular weight excluding hydrogens is 390 g/mol. The maximum Gasteiger partial charge on any atom is 0.261 e. The van der Waals surface area contributed by atoms with Crippen molar-refractivity contribution >= 4 is 16.7 Å². The molecule has 1 aromatic carbocycles. The highest BCUT2D eigenvalue weighted by molar-refractivity contribution is 5.78. The molecule has 1 fully saturated rings. The molecule has 31 heavy (non-hydrogen) atoms. The number of fused-ring (bicyclic) bond motifs is 1. The van der Waals surface area contributed by atoms with Crippen molar-refractivity contribution in [3.8, 4) is 5.75 Å². The van der Waals surface area contributed by atoms with Gasteiger partial charge in [0, 0.05) is 38.9 Å². The van der Waals surface area contributed by atoms with Crippen molar-refractivity contribution < 1.29 is 4.74 Å². The van der Waals surface area contributed by atoms with E-state index < -0.39 is 0 Å². The summed E-state index contributed by atoms with van der Waals surface area (Å²) in [5.74, 6) is 1.81. The van der Waals surface area contributed by atoms with E-state index in [0.717, 1.165) is 69.1 Å². The molecule has 0 amide bonds. The van der Waals surface area contributed by atoms with E-state index in [0.29, 0.717) is 18.5 Å². The van der Waals surface area contributed by atoms with Crippen LogP contribution in [0.3, 0.4) is 0 Å². The van der Waals surface area contributed by atoms with Crippen LogP contribution in [0.5, 0.6) is 5.75 Å². The lowest BCUT2D eigenvalue weighted by molar-refractivity contribution is 0.238. The van der Waals surface area contributed by atoms with E-state index in [1.165, 1.54) is 0 Å². The minimum absolute atomic E-state index is 0.00199. The number of ether oxygens (including phenoxy) is 1. The fourth-order valence-electron chi connectivity index (χ4n) is 4.00. The van der Waals surface area contributed by atoms with Gasteiger partial charge in [0.2, 0.25) is 0 Å². The Balaban J connectivity index is 1.20. The summed E-state index contributed by atoms with van der Waals surface area (Å²) in [5, 5.41) is 0.624. The van der Waals surface area contributed by atoms with Crippen molar-refractivity contribution in [3.63, 3.8) is 0 Å². The maximum atomic E-state index is 12.6. The summed E-state index contributed by atoms with van der Waals surface area (Å²) < 4.78 is 7.59. The summed E-state index contributed by atoms with van der Waals surface area (Å²) in [7, 11) is 0. The van der Waals surface area contributed by atoms with Gasteiger partial charge in [-0.05, 0) is 56.1 Å². The van der Waals surface area contributed by atoms with Crippen LogP contribution in [0.15, 0.2) is 53.7 Å². The van der Waals surface area contributed by atoms with Crippen molar-refractivity contribution in [2.24, 2.45) is 0 Å². The molecule has 0 atom stereocenters. The second-order valence-electron chi connectivity index (χ2n) is 7.99. The molecule has 7 heteroatoms. The molecular formula is C24H31N5O2. The molecule has 0 N–H and O–H groups in total. The molecule has 0 bridgehead atoms. The molecule has 0 unspecified atom stereocenters. The van der Waals surface area contributed by atoms with Crippen LogP contribution in [0.1, 0.15) is 26.2 Å². The van der Waals surface area contributed by atoms with Gasteiger partial charge in [-0.25, -0.2) is 9.97 Å². The lowest BCUT2D eigenvalue weighted by atomic mass is 10.2. The molecule has 0 spiro atoms. The van der Waals surface area contributed by atoms with Crippen LogP contribution in [0, 0.1) is 0 Å². The van der Waals surface area contributed by atoms with Gasteiger partial charge >= 0.3 is 0 Å². The number of aromatic nitrogens is 3. The molecule has 0 aliphatic carbocycles. The SMILES string of the molecule is CCCn1cnc2ccc(OCCCCN3CCN(c4ccccn4)CC3)cc2c1=O. The molecule has 3 heterocycles. The summed E-state index contributed by atoms with van der Waals surface area (Å²) in [5.41, 5.74) is 0.719. The maximum absolute atomic E-state index is 12.6. The zero-order chi connectivity index (χ0) is 21.5. The number of nitrogens with zero attached hydrogens (tertiary/aromatic N) is 5. The number of hydrogen-bond acceptors (Lipinski definition) is 6. The summed E-state index contributed by atoms with van der Waals surface area (Å²) in [6.07, 6.45) is 6.48. The predicted molar refractivity (Wildman–Crippen MR) is 124 cm³/mol. The van der Waals surface area contributed by atoms with Crippen LogP contribution >= 0.6 is 0 Å². The Morgan fingerprint density at radius 3 is 2.65 bits per heavy atom. The summed E-state index contributed by atoms with van der Waals surface area (Å²) in [6, 6.07) is 11.7. The Labute approximate surface area is 183 Å². The molecule has 0 saturated carbocycles. The van der Waals surface area contributed by atoms with Crippen molar-refractivity contribution in [1.29, 1.82) is 0 Å². The van der Waals surface area contributed by atoms with E-state index in [1.807, 2.05) is 36.5 Å². The van der Waals surface area contributed by atoms with Crippen LogP contribution in [-0.4, -0.2) is 58.8 Å². The van der Waals surface area contributed by atoms with E-state index >= 15 is 0 Å². The van der Waals surface area contributed by atoms with Crippen LogP contribution in [0.25, 0.3) is 10.9 Å². The minimum atomic E-state index is 0.00199. The molecule has 3 aromatic rings. The van der Waals surface area contributed by atoms with E-state index in [-0.39, 0.29) is 5.56 Å². The van der Waals surface area contributed by atoms with Crippen molar-refractivity contribution in [3.05, 3.63) is 59.3 Å². The molecule has 1 aliphatic heterocycles. The molecule has 1 saturated heterocycles. The normalized spacial score (nSPS) is 14.8. The molecule has 4 rings (SSSR count). The first-order valence-electron chi connectivity index (χ1n) is 11.2. The third-order valence-electron chi connectivity index (χ3n) is 5.74. The number of piperazine rings is 1. The number of pyridine rings is 1. The highest BCUT2D eigenvalue weighted by Gasteiger charge is 2.17. The second kappa shape index (κ2) is 10.4. The first-order valence-corrected chi connectivity index (χ1v) is 11.2. The van der Waals surface area contributed by atoms with Crippen LogP contribution < -0.4 is 15.2 Å². The van der Waals surface area contributed by atoms with Gasteiger partial charge in [0.05, 0.1) is 23.8 Å². The van der Waals surface area contributed by atoms with Gasteiger partial charge in [-0.3, -0.25) is 14.3 Å². The monoisotopic (exact) mass is 421 g/mol. The first-order chi connectivity index (χ1) is 15.2. The van der Waals surface area contributed by atoms with E-state index in [2.05, 4.69) is 32.8 Å². The number of hydrogen-bond donors (Lipinski definition) is 0. The predicted octanol–water partition coefficient (Wildman–Crippen LogP) is 3.18. The Kier molecular flexibility index (Phi) is 7.14. The van der Waals surface area contributed by atoms with Gasteiger partial charge in [-0.15, -0.1) is 0 Å². The topological polar surface area (TPSA) is 63.5 Å². The number of benzene rings is 1. The molecule has 164 valence electrons. The molecule has 7 nitrogen and oxygen atoms in total. The molecule has 2 aromatic heterocycles. The summed E-state index contributed by atoms with van der Waals surface area (Å²) in [6.45, 7) is 8.66. The molecule has 0 radical (unpaired) electrons.